The average Bonchev–Trinajstić information content (AvgIpc) is 3.21. The molecule has 0 aliphatic rings. The first-order valence-electron chi connectivity index (χ1n) is 9.09. The van der Waals surface area contributed by atoms with Crippen molar-refractivity contribution in [2.75, 3.05) is 5.32 Å². The van der Waals surface area contributed by atoms with E-state index < -0.39 is 4.92 Å². The first-order valence-corrected chi connectivity index (χ1v) is 9.09. The van der Waals surface area contributed by atoms with Crippen LogP contribution in [0.3, 0.4) is 0 Å². The summed E-state index contributed by atoms with van der Waals surface area (Å²) in [5, 5.41) is 24.0. The van der Waals surface area contributed by atoms with Gasteiger partial charge in [0.1, 0.15) is 18.1 Å². The largest absolute Gasteiger partial charge is 0.487 e. The van der Waals surface area contributed by atoms with Crippen molar-refractivity contribution in [1.29, 1.82) is 0 Å². The summed E-state index contributed by atoms with van der Waals surface area (Å²) in [5.41, 5.74) is 1.13. The second-order valence-electron chi connectivity index (χ2n) is 6.56. The minimum atomic E-state index is -0.511. The third-order valence-electron chi connectivity index (χ3n) is 4.42. The van der Waals surface area contributed by atoms with Gasteiger partial charge in [-0.2, -0.15) is 0 Å². The van der Waals surface area contributed by atoms with Crippen LogP contribution in [-0.2, 0) is 11.4 Å². The number of rotatable bonds is 6. The van der Waals surface area contributed by atoms with Crippen molar-refractivity contribution in [2.45, 2.75) is 13.5 Å². The van der Waals surface area contributed by atoms with Gasteiger partial charge in [-0.3, -0.25) is 14.9 Å². The summed E-state index contributed by atoms with van der Waals surface area (Å²) in [6.45, 7) is 1.52. The highest BCUT2D eigenvalue weighted by Crippen LogP contribution is 2.27. The number of hydrogen-bond donors (Lipinski definition) is 1. The normalized spacial score (nSPS) is 10.7. The van der Waals surface area contributed by atoms with Crippen molar-refractivity contribution < 1.29 is 14.5 Å². The fourth-order valence-corrected chi connectivity index (χ4v) is 3.07. The molecule has 1 aromatic heterocycles. The molecule has 0 fully saturated rings. The molecule has 0 unspecified atom stereocenters. The van der Waals surface area contributed by atoms with Crippen LogP contribution in [0, 0.1) is 10.1 Å². The highest BCUT2D eigenvalue weighted by molar-refractivity contribution is 5.91. The second kappa shape index (κ2) is 8.00. The van der Waals surface area contributed by atoms with Gasteiger partial charge in [-0.1, -0.05) is 41.6 Å². The number of non-ortho nitro benzene ring substituents is 1. The first kappa shape index (κ1) is 19.1. The molecule has 0 saturated carbocycles. The molecule has 1 heterocycles. The number of nitrogens with zero attached hydrogens (tertiary/aromatic N) is 4. The molecule has 0 spiro atoms. The van der Waals surface area contributed by atoms with E-state index in [2.05, 4.69) is 15.6 Å². The summed E-state index contributed by atoms with van der Waals surface area (Å²) >= 11 is 0. The average molecular weight is 403 g/mol. The molecular formula is C21H17N5O4. The summed E-state index contributed by atoms with van der Waals surface area (Å²) in [6, 6.07) is 17.8. The van der Waals surface area contributed by atoms with Gasteiger partial charge in [-0.15, -0.1) is 5.10 Å². The Labute approximate surface area is 171 Å². The zero-order valence-electron chi connectivity index (χ0n) is 16.0. The van der Waals surface area contributed by atoms with E-state index in [-0.39, 0.29) is 18.2 Å². The minimum Gasteiger partial charge on any atom is -0.487 e. The highest BCUT2D eigenvalue weighted by Gasteiger charge is 2.15. The summed E-state index contributed by atoms with van der Waals surface area (Å²) in [7, 11) is 0. The molecule has 9 nitrogen and oxygen atoms in total. The third kappa shape index (κ3) is 3.95. The monoisotopic (exact) mass is 403 g/mol. The number of anilines is 1. The van der Waals surface area contributed by atoms with E-state index in [9.17, 15) is 14.9 Å². The van der Waals surface area contributed by atoms with Crippen LogP contribution in [0.15, 0.2) is 66.9 Å². The molecular weight excluding hydrogens is 386 g/mol. The molecule has 0 aliphatic carbocycles. The van der Waals surface area contributed by atoms with Crippen molar-refractivity contribution in [3.8, 4) is 11.4 Å². The maximum atomic E-state index is 11.5. The number of nitrogens with one attached hydrogen (secondary N) is 1. The Bertz CT molecular complexity index is 1250. The van der Waals surface area contributed by atoms with Crippen molar-refractivity contribution in [3.63, 3.8) is 0 Å². The van der Waals surface area contributed by atoms with E-state index in [4.69, 9.17) is 4.74 Å². The molecule has 0 radical (unpaired) electrons. The van der Waals surface area contributed by atoms with E-state index in [0.29, 0.717) is 17.1 Å². The lowest BCUT2D eigenvalue weighted by atomic mass is 10.1. The van der Waals surface area contributed by atoms with Gasteiger partial charge in [-0.25, -0.2) is 4.68 Å². The Morgan fingerprint density at radius 3 is 2.77 bits per heavy atom. The predicted molar refractivity (Wildman–Crippen MR) is 111 cm³/mol. The maximum absolute atomic E-state index is 11.5. The van der Waals surface area contributed by atoms with Crippen LogP contribution in [0.5, 0.6) is 5.75 Å². The van der Waals surface area contributed by atoms with E-state index in [1.807, 2.05) is 42.5 Å². The second-order valence-corrected chi connectivity index (χ2v) is 6.56. The summed E-state index contributed by atoms with van der Waals surface area (Å²) in [4.78, 5) is 22.1. The number of carbonyl (C=O) groups excluding carboxylic acids is 1. The van der Waals surface area contributed by atoms with Crippen LogP contribution in [0.2, 0.25) is 0 Å². The van der Waals surface area contributed by atoms with Gasteiger partial charge in [0, 0.05) is 24.4 Å². The molecule has 4 rings (SSSR count). The van der Waals surface area contributed by atoms with E-state index in [1.165, 1.54) is 29.8 Å². The van der Waals surface area contributed by atoms with Crippen LogP contribution in [0.1, 0.15) is 12.6 Å². The van der Waals surface area contributed by atoms with Crippen LogP contribution < -0.4 is 10.1 Å². The Balaban J connectivity index is 1.60. The molecule has 30 heavy (non-hydrogen) atoms. The van der Waals surface area contributed by atoms with Crippen LogP contribution in [-0.4, -0.2) is 25.8 Å². The molecule has 1 N–H and O–H groups in total. The zero-order chi connectivity index (χ0) is 21.1. The molecule has 0 aliphatic heterocycles. The van der Waals surface area contributed by atoms with Gasteiger partial charge in [0.2, 0.25) is 5.91 Å². The van der Waals surface area contributed by atoms with Crippen molar-refractivity contribution in [2.24, 2.45) is 0 Å². The smallest absolute Gasteiger partial charge is 0.271 e. The third-order valence-corrected chi connectivity index (χ3v) is 4.42. The molecule has 0 bridgehead atoms. The molecule has 9 heteroatoms. The predicted octanol–water partition coefficient (Wildman–Crippen LogP) is 3.87. The van der Waals surface area contributed by atoms with Gasteiger partial charge in [0.25, 0.3) is 5.69 Å². The lowest BCUT2D eigenvalue weighted by Crippen LogP contribution is -2.10. The molecule has 0 saturated heterocycles. The minimum absolute atomic E-state index is 0.122. The van der Waals surface area contributed by atoms with Crippen molar-refractivity contribution in [1.82, 2.24) is 15.0 Å². The van der Waals surface area contributed by atoms with Crippen molar-refractivity contribution >= 4 is 28.1 Å². The van der Waals surface area contributed by atoms with Gasteiger partial charge < -0.3 is 10.1 Å². The molecule has 0 atom stereocenters. The number of benzene rings is 3. The van der Waals surface area contributed by atoms with E-state index >= 15 is 0 Å². The molecule has 4 aromatic rings. The fraction of sp³-hybridized carbons (Fsp3) is 0.0952. The Morgan fingerprint density at radius 1 is 1.17 bits per heavy atom. The van der Waals surface area contributed by atoms with Crippen LogP contribution >= 0.6 is 0 Å². The quantitative estimate of drug-likeness (QED) is 0.386. The number of amides is 1. The number of nitro benzene ring substituents is 1. The van der Waals surface area contributed by atoms with Gasteiger partial charge in [-0.05, 0) is 17.5 Å². The van der Waals surface area contributed by atoms with Crippen LogP contribution in [0.4, 0.5) is 11.4 Å². The van der Waals surface area contributed by atoms with Gasteiger partial charge in [0.05, 0.1) is 22.5 Å². The van der Waals surface area contributed by atoms with Crippen LogP contribution in [0.25, 0.3) is 16.5 Å². The van der Waals surface area contributed by atoms with Crippen molar-refractivity contribution in [3.05, 3.63) is 82.7 Å². The summed E-state index contributed by atoms with van der Waals surface area (Å²) in [6.07, 6.45) is 1.61. The van der Waals surface area contributed by atoms with E-state index in [1.54, 1.807) is 6.20 Å². The SMILES string of the molecule is CC(=O)Nc1ccc([N+](=O)[O-])cc1-n1cc(COc2cccc3ccccc23)nn1. The molecule has 3 aromatic carbocycles. The Morgan fingerprint density at radius 2 is 1.97 bits per heavy atom. The Kier molecular flexibility index (Phi) is 5.08. The number of fused-ring (bicyclic) bond motifs is 1. The maximum Gasteiger partial charge on any atom is 0.271 e. The highest BCUT2D eigenvalue weighted by atomic mass is 16.6. The summed E-state index contributed by atoms with van der Waals surface area (Å²) in [5.74, 6) is 0.418. The lowest BCUT2D eigenvalue weighted by Gasteiger charge is -2.09. The molecule has 1 amide bonds. The summed E-state index contributed by atoms with van der Waals surface area (Å²) < 4.78 is 7.29. The number of ether oxygens (including phenoxy) is 1. The number of carbonyl (C=O) groups is 1. The van der Waals surface area contributed by atoms with E-state index in [0.717, 1.165) is 16.5 Å². The zero-order valence-corrected chi connectivity index (χ0v) is 16.0. The Hall–Kier alpha value is -4.27. The number of aromatic nitrogens is 3. The first-order chi connectivity index (χ1) is 14.5. The number of hydrogen-bond acceptors (Lipinski definition) is 6. The number of nitro groups is 1. The lowest BCUT2D eigenvalue weighted by molar-refractivity contribution is -0.384. The molecule has 150 valence electrons. The standard InChI is InChI=1S/C21H17N5O4/c1-14(27)22-19-10-9-17(26(28)29)11-20(19)25-12-16(23-24-25)13-30-21-8-4-6-15-5-2-3-7-18(15)21/h2-12H,13H2,1H3,(H,22,27). The van der Waals surface area contributed by atoms with Gasteiger partial charge >= 0.3 is 0 Å². The fourth-order valence-electron chi connectivity index (χ4n) is 3.07. The van der Waals surface area contributed by atoms with Gasteiger partial charge in [0.15, 0.2) is 0 Å². The topological polar surface area (TPSA) is 112 Å².